The molecule has 0 amide bonds. The highest BCUT2D eigenvalue weighted by molar-refractivity contribution is 7.35. The van der Waals surface area contributed by atoms with Crippen LogP contribution >= 0.6 is 11.3 Å². The van der Waals surface area contributed by atoms with Crippen molar-refractivity contribution in [1.82, 2.24) is 0 Å². The van der Waals surface area contributed by atoms with E-state index in [2.05, 4.69) is 50.6 Å². The number of rotatable bonds is 2. The standard InChI is InChI=1S/C14H26SSi2/c1-16(2,3)13-11-9-7-8-10-12(11)14(15-13)17(4,5)6/h7-10H2,1-6H3. The summed E-state index contributed by atoms with van der Waals surface area (Å²) in [5, 5.41) is 0. The third-order valence-electron chi connectivity index (χ3n) is 3.58. The maximum Gasteiger partial charge on any atom is 0.0907 e. The smallest absolute Gasteiger partial charge is 0.0907 e. The third-order valence-corrected chi connectivity index (χ3v) is 12.1. The predicted octanol–water partition coefficient (Wildman–Crippen LogP) is 3.72. The van der Waals surface area contributed by atoms with E-state index in [-0.39, 0.29) is 0 Å². The lowest BCUT2D eigenvalue weighted by molar-refractivity contribution is 0.694. The van der Waals surface area contributed by atoms with Gasteiger partial charge in [0.05, 0.1) is 16.1 Å². The number of hydrogen-bond acceptors (Lipinski definition) is 1. The summed E-state index contributed by atoms with van der Waals surface area (Å²) in [5.41, 5.74) is 3.61. The van der Waals surface area contributed by atoms with Crippen molar-refractivity contribution >= 4 is 36.5 Å². The van der Waals surface area contributed by atoms with Crippen LogP contribution in [0.15, 0.2) is 0 Å². The van der Waals surface area contributed by atoms with Gasteiger partial charge in [-0.15, -0.1) is 0 Å². The molecule has 0 N–H and O–H groups in total. The molecule has 17 heavy (non-hydrogen) atoms. The minimum absolute atomic E-state index is 1.13. The molecule has 1 aromatic heterocycles. The summed E-state index contributed by atoms with van der Waals surface area (Å²) in [7, 11) is -2.26. The van der Waals surface area contributed by atoms with Gasteiger partial charge in [0, 0.05) is 0 Å². The molecule has 0 nitrogen and oxygen atoms in total. The molecule has 1 aliphatic rings. The van der Waals surface area contributed by atoms with E-state index in [1.165, 1.54) is 25.7 Å². The molecular formula is C14H26SSi2. The molecule has 1 aromatic rings. The minimum atomic E-state index is -1.13. The highest BCUT2D eigenvalue weighted by Crippen LogP contribution is 2.27. The van der Waals surface area contributed by atoms with Crippen LogP contribution in [0.25, 0.3) is 0 Å². The van der Waals surface area contributed by atoms with Crippen LogP contribution in [0, 0.1) is 0 Å². The van der Waals surface area contributed by atoms with Gasteiger partial charge in [0.2, 0.25) is 0 Å². The van der Waals surface area contributed by atoms with E-state index in [0.29, 0.717) is 0 Å². The van der Waals surface area contributed by atoms with Gasteiger partial charge in [-0.2, -0.15) is 11.3 Å². The van der Waals surface area contributed by atoms with E-state index >= 15 is 0 Å². The molecule has 0 atom stereocenters. The zero-order valence-corrected chi connectivity index (χ0v) is 15.1. The van der Waals surface area contributed by atoms with Crippen molar-refractivity contribution in [3.63, 3.8) is 0 Å². The van der Waals surface area contributed by atoms with Gasteiger partial charge in [-0.3, -0.25) is 0 Å². The van der Waals surface area contributed by atoms with E-state index in [1.807, 2.05) is 9.00 Å². The first kappa shape index (κ1) is 13.6. The van der Waals surface area contributed by atoms with Crippen molar-refractivity contribution in [3.05, 3.63) is 11.1 Å². The molecule has 0 aromatic carbocycles. The number of fused-ring (bicyclic) bond motifs is 1. The van der Waals surface area contributed by atoms with Crippen molar-refractivity contribution in [3.8, 4) is 0 Å². The summed E-state index contributed by atoms with van der Waals surface area (Å²) in [5.74, 6) is 0. The van der Waals surface area contributed by atoms with Crippen molar-refractivity contribution in [2.24, 2.45) is 0 Å². The first-order valence-electron chi connectivity index (χ1n) is 6.87. The quantitative estimate of drug-likeness (QED) is 0.725. The van der Waals surface area contributed by atoms with E-state index in [0.717, 1.165) is 0 Å². The SMILES string of the molecule is C[Si](C)(C)c1sc([Si](C)(C)C)c2c1CCCC2. The van der Waals surface area contributed by atoms with Gasteiger partial charge in [-0.1, -0.05) is 39.3 Å². The molecule has 2 rings (SSSR count). The predicted molar refractivity (Wildman–Crippen MR) is 86.9 cm³/mol. The Balaban J connectivity index is 2.60. The Bertz CT molecular complexity index is 380. The van der Waals surface area contributed by atoms with Crippen LogP contribution in [0.4, 0.5) is 0 Å². The van der Waals surface area contributed by atoms with Gasteiger partial charge in [-0.25, -0.2) is 0 Å². The zero-order valence-electron chi connectivity index (χ0n) is 12.2. The molecule has 0 saturated carbocycles. The van der Waals surface area contributed by atoms with E-state index in [1.54, 1.807) is 11.1 Å². The van der Waals surface area contributed by atoms with Crippen LogP contribution in [-0.4, -0.2) is 16.1 Å². The summed E-state index contributed by atoms with van der Waals surface area (Å²) < 4.78 is 3.65. The van der Waals surface area contributed by atoms with Crippen molar-refractivity contribution in [2.75, 3.05) is 0 Å². The molecule has 0 fully saturated rings. The lowest BCUT2D eigenvalue weighted by atomic mass is 9.96. The summed E-state index contributed by atoms with van der Waals surface area (Å²) in [6.07, 6.45) is 5.59. The molecule has 0 unspecified atom stereocenters. The molecule has 0 spiro atoms. The lowest BCUT2D eigenvalue weighted by Crippen LogP contribution is -2.39. The normalized spacial score (nSPS) is 17.1. The van der Waals surface area contributed by atoms with Gasteiger partial charge in [0.1, 0.15) is 0 Å². The van der Waals surface area contributed by atoms with Gasteiger partial charge < -0.3 is 0 Å². The fraction of sp³-hybridized carbons (Fsp3) is 0.714. The van der Waals surface area contributed by atoms with Crippen LogP contribution < -0.4 is 9.00 Å². The molecule has 1 heterocycles. The number of thiophene rings is 1. The summed E-state index contributed by atoms with van der Waals surface area (Å²) in [6.45, 7) is 15.1. The monoisotopic (exact) mass is 282 g/mol. The minimum Gasteiger partial charge on any atom is -0.154 e. The Kier molecular flexibility index (Phi) is 3.47. The number of hydrogen-bond donors (Lipinski definition) is 0. The summed E-state index contributed by atoms with van der Waals surface area (Å²) in [4.78, 5) is 0. The molecule has 0 bridgehead atoms. The molecule has 0 radical (unpaired) electrons. The molecule has 96 valence electrons. The van der Waals surface area contributed by atoms with E-state index in [9.17, 15) is 0 Å². The van der Waals surface area contributed by atoms with Gasteiger partial charge in [-0.05, 0) is 45.8 Å². The fourth-order valence-corrected chi connectivity index (χ4v) is 9.47. The molecular weight excluding hydrogens is 256 g/mol. The summed E-state index contributed by atoms with van der Waals surface area (Å²) >= 11 is 2.21. The topological polar surface area (TPSA) is 0 Å². The Morgan fingerprint density at radius 3 is 1.35 bits per heavy atom. The highest BCUT2D eigenvalue weighted by atomic mass is 32.1. The van der Waals surface area contributed by atoms with Crippen molar-refractivity contribution in [2.45, 2.75) is 65.0 Å². The van der Waals surface area contributed by atoms with Gasteiger partial charge >= 0.3 is 0 Å². The molecule has 3 heteroatoms. The Hall–Kier alpha value is 0.134. The second-order valence-corrected chi connectivity index (χ2v) is 19.2. The lowest BCUT2D eigenvalue weighted by Gasteiger charge is -2.21. The van der Waals surface area contributed by atoms with Crippen molar-refractivity contribution in [1.29, 1.82) is 0 Å². The molecule has 0 saturated heterocycles. The molecule has 1 aliphatic carbocycles. The Morgan fingerprint density at radius 2 is 1.06 bits per heavy atom. The first-order valence-corrected chi connectivity index (χ1v) is 14.7. The third kappa shape index (κ3) is 2.61. The van der Waals surface area contributed by atoms with Crippen LogP contribution in [0.3, 0.4) is 0 Å². The first-order chi connectivity index (χ1) is 7.71. The van der Waals surface area contributed by atoms with Gasteiger partial charge in [0.25, 0.3) is 0 Å². The second kappa shape index (κ2) is 4.35. The Morgan fingerprint density at radius 1 is 0.706 bits per heavy atom. The van der Waals surface area contributed by atoms with E-state index in [4.69, 9.17) is 0 Å². The molecule has 0 aliphatic heterocycles. The zero-order chi connectivity index (χ0) is 12.8. The fourth-order valence-electron chi connectivity index (χ4n) is 2.84. The van der Waals surface area contributed by atoms with Crippen LogP contribution in [0.2, 0.25) is 39.3 Å². The van der Waals surface area contributed by atoms with Crippen LogP contribution in [0.5, 0.6) is 0 Å². The average molecular weight is 283 g/mol. The van der Waals surface area contributed by atoms with Crippen LogP contribution in [0.1, 0.15) is 24.0 Å². The Labute approximate surface area is 112 Å². The largest absolute Gasteiger partial charge is 0.154 e. The van der Waals surface area contributed by atoms with Crippen molar-refractivity contribution < 1.29 is 0 Å². The van der Waals surface area contributed by atoms with Crippen LogP contribution in [-0.2, 0) is 12.8 Å². The van der Waals surface area contributed by atoms with E-state index < -0.39 is 16.1 Å². The van der Waals surface area contributed by atoms with Gasteiger partial charge in [0.15, 0.2) is 0 Å². The maximum absolute atomic E-state index is 2.52. The second-order valence-electron chi connectivity index (χ2n) is 7.42. The highest BCUT2D eigenvalue weighted by Gasteiger charge is 2.32. The average Bonchev–Trinajstić information content (AvgIpc) is 2.55. The maximum atomic E-state index is 2.52. The summed E-state index contributed by atoms with van der Waals surface area (Å²) in [6, 6.07) is 0.